The maximum absolute atomic E-state index is 14.3. The fourth-order valence-electron chi connectivity index (χ4n) is 4.36. The van der Waals surface area contributed by atoms with E-state index in [2.05, 4.69) is 0 Å². The molecule has 126 valence electrons. The Bertz CT molecular complexity index is 560. The van der Waals surface area contributed by atoms with Gasteiger partial charge >= 0.3 is 0 Å². The van der Waals surface area contributed by atoms with Crippen LogP contribution in [-0.4, -0.2) is 0 Å². The predicted molar refractivity (Wildman–Crippen MR) is 87.0 cm³/mol. The van der Waals surface area contributed by atoms with Gasteiger partial charge in [0.2, 0.25) is 0 Å². The molecule has 0 saturated heterocycles. The average molecular weight is 322 g/mol. The van der Waals surface area contributed by atoms with Crippen LogP contribution in [0, 0.1) is 23.5 Å². The van der Waals surface area contributed by atoms with Gasteiger partial charge in [-0.05, 0) is 86.8 Å². The Hall–Kier alpha value is -1.25. The lowest BCUT2D eigenvalue weighted by Gasteiger charge is -2.35. The molecule has 1 saturated carbocycles. The minimum Gasteiger partial charge on any atom is -0.212 e. The van der Waals surface area contributed by atoms with Gasteiger partial charge in [0.1, 0.15) is 11.6 Å². The van der Waals surface area contributed by atoms with E-state index < -0.39 is 0 Å². The van der Waals surface area contributed by atoms with Gasteiger partial charge in [-0.3, -0.25) is 0 Å². The summed E-state index contributed by atoms with van der Waals surface area (Å²) < 4.78 is 41.7. The van der Waals surface area contributed by atoms with Gasteiger partial charge in [0, 0.05) is 5.56 Å². The van der Waals surface area contributed by atoms with E-state index in [0.717, 1.165) is 38.5 Å². The second kappa shape index (κ2) is 7.11. The zero-order chi connectivity index (χ0) is 16.4. The number of rotatable bonds is 3. The molecule has 0 N–H and O–H groups in total. The number of hydrogen-bond acceptors (Lipinski definition) is 0. The van der Waals surface area contributed by atoms with Crippen molar-refractivity contribution in [3.05, 3.63) is 46.8 Å². The molecule has 0 nitrogen and oxygen atoms in total. The fourth-order valence-corrected chi connectivity index (χ4v) is 4.36. The predicted octanol–water partition coefficient (Wildman–Crippen LogP) is 6.45. The highest BCUT2D eigenvalue weighted by atomic mass is 19.1. The third-order valence-corrected chi connectivity index (χ3v) is 5.79. The number of allylic oxidation sites excluding steroid dienone is 2. The van der Waals surface area contributed by atoms with Gasteiger partial charge < -0.3 is 0 Å². The van der Waals surface area contributed by atoms with Crippen molar-refractivity contribution in [1.29, 1.82) is 0 Å². The largest absolute Gasteiger partial charge is 0.212 e. The molecular formula is C20H25F3. The van der Waals surface area contributed by atoms with Crippen LogP contribution in [0.3, 0.4) is 0 Å². The molecule has 1 unspecified atom stereocenters. The van der Waals surface area contributed by atoms with Crippen LogP contribution in [0.1, 0.15) is 68.9 Å². The number of hydrogen-bond donors (Lipinski definition) is 0. The van der Waals surface area contributed by atoms with Gasteiger partial charge in [-0.15, -0.1) is 0 Å². The minimum absolute atomic E-state index is 0.00646. The quantitative estimate of drug-likeness (QED) is 0.599. The molecule has 2 aliphatic rings. The van der Waals surface area contributed by atoms with Crippen molar-refractivity contribution in [2.24, 2.45) is 11.8 Å². The average Bonchev–Trinajstić information content (AvgIpc) is 2.55. The van der Waals surface area contributed by atoms with Crippen LogP contribution < -0.4 is 0 Å². The van der Waals surface area contributed by atoms with Crippen LogP contribution in [0.5, 0.6) is 0 Å². The molecule has 1 aromatic rings. The summed E-state index contributed by atoms with van der Waals surface area (Å²) in [5.74, 6) is 0.383. The summed E-state index contributed by atoms with van der Waals surface area (Å²) in [7, 11) is 0. The summed E-state index contributed by atoms with van der Waals surface area (Å²) in [6.45, 7) is 1.90. The molecule has 0 spiro atoms. The van der Waals surface area contributed by atoms with E-state index in [-0.39, 0.29) is 28.9 Å². The van der Waals surface area contributed by atoms with E-state index in [1.165, 1.54) is 12.1 Å². The van der Waals surface area contributed by atoms with Crippen molar-refractivity contribution < 1.29 is 13.2 Å². The Morgan fingerprint density at radius 2 is 1.57 bits per heavy atom. The van der Waals surface area contributed by atoms with E-state index in [1.54, 1.807) is 6.08 Å². The highest BCUT2D eigenvalue weighted by Gasteiger charge is 2.31. The first-order chi connectivity index (χ1) is 11.1. The van der Waals surface area contributed by atoms with E-state index in [1.807, 2.05) is 6.92 Å². The van der Waals surface area contributed by atoms with Crippen LogP contribution in [0.15, 0.2) is 24.0 Å². The number of benzene rings is 1. The van der Waals surface area contributed by atoms with Crippen LogP contribution >= 0.6 is 0 Å². The normalized spacial score (nSPS) is 28.5. The highest BCUT2D eigenvalue weighted by molar-refractivity contribution is 5.29. The van der Waals surface area contributed by atoms with Crippen LogP contribution in [-0.2, 0) is 6.42 Å². The van der Waals surface area contributed by atoms with Crippen LogP contribution in [0.25, 0.3) is 0 Å². The third kappa shape index (κ3) is 3.64. The lowest BCUT2D eigenvalue weighted by Crippen LogP contribution is -2.23. The van der Waals surface area contributed by atoms with E-state index >= 15 is 0 Å². The SMILES string of the molecule is CCc1cc(F)c(C2CCC(C3CC=C(F)CC3)CC2)c(F)c1. The van der Waals surface area contributed by atoms with Crippen LogP contribution in [0.2, 0.25) is 0 Å². The Morgan fingerprint density at radius 1 is 0.913 bits per heavy atom. The molecule has 0 aromatic heterocycles. The molecule has 0 amide bonds. The molecular weight excluding hydrogens is 297 g/mol. The van der Waals surface area contributed by atoms with Gasteiger partial charge in [0.15, 0.2) is 0 Å². The lowest BCUT2D eigenvalue weighted by molar-refractivity contribution is 0.210. The van der Waals surface area contributed by atoms with Crippen molar-refractivity contribution in [1.82, 2.24) is 0 Å². The summed E-state index contributed by atoms with van der Waals surface area (Å²) in [4.78, 5) is 0. The smallest absolute Gasteiger partial charge is 0.129 e. The molecule has 1 fully saturated rings. The molecule has 23 heavy (non-hydrogen) atoms. The summed E-state index contributed by atoms with van der Waals surface area (Å²) in [6.07, 6.45) is 8.36. The first kappa shape index (κ1) is 16.6. The molecule has 3 rings (SSSR count). The Kier molecular flexibility index (Phi) is 5.13. The number of halogens is 3. The molecule has 0 heterocycles. The third-order valence-electron chi connectivity index (χ3n) is 5.79. The van der Waals surface area contributed by atoms with E-state index in [4.69, 9.17) is 0 Å². The second-order valence-corrected chi connectivity index (χ2v) is 7.12. The zero-order valence-electron chi connectivity index (χ0n) is 13.8. The van der Waals surface area contributed by atoms with Crippen molar-refractivity contribution in [2.45, 2.75) is 64.2 Å². The van der Waals surface area contributed by atoms with Gasteiger partial charge in [0.25, 0.3) is 0 Å². The fraction of sp³-hybridized carbons (Fsp3) is 0.600. The standard InChI is InChI=1S/C20H25F3/c1-2-13-11-18(22)20(19(23)12-13)16-5-3-14(4-6-16)15-7-9-17(21)10-8-15/h9,11-12,14-16H,2-8,10H2,1H3. The summed E-state index contributed by atoms with van der Waals surface area (Å²) >= 11 is 0. The topological polar surface area (TPSA) is 0 Å². The Labute approximate surface area is 136 Å². The molecule has 1 atom stereocenters. The molecule has 0 aliphatic heterocycles. The minimum atomic E-state index is -0.382. The molecule has 0 radical (unpaired) electrons. The molecule has 1 aromatic carbocycles. The lowest BCUT2D eigenvalue weighted by atomic mass is 9.70. The second-order valence-electron chi connectivity index (χ2n) is 7.12. The van der Waals surface area contributed by atoms with Gasteiger partial charge in [-0.25, -0.2) is 13.2 Å². The monoisotopic (exact) mass is 322 g/mol. The maximum Gasteiger partial charge on any atom is 0.129 e. The van der Waals surface area contributed by atoms with Gasteiger partial charge in [-0.1, -0.05) is 13.0 Å². The van der Waals surface area contributed by atoms with Crippen molar-refractivity contribution in [2.75, 3.05) is 0 Å². The summed E-state index contributed by atoms with van der Waals surface area (Å²) in [6, 6.07) is 2.97. The van der Waals surface area contributed by atoms with E-state index in [9.17, 15) is 13.2 Å². The molecule has 0 bridgehead atoms. The van der Waals surface area contributed by atoms with Crippen molar-refractivity contribution >= 4 is 0 Å². The Balaban J connectivity index is 1.65. The van der Waals surface area contributed by atoms with Crippen molar-refractivity contribution in [3.63, 3.8) is 0 Å². The molecule has 2 aliphatic carbocycles. The van der Waals surface area contributed by atoms with Gasteiger partial charge in [-0.2, -0.15) is 0 Å². The van der Waals surface area contributed by atoms with Gasteiger partial charge in [0.05, 0.1) is 5.83 Å². The summed E-state index contributed by atoms with van der Waals surface area (Å²) in [5, 5.41) is 0. The maximum atomic E-state index is 14.3. The summed E-state index contributed by atoms with van der Waals surface area (Å²) in [5.41, 5.74) is 1.00. The first-order valence-electron chi connectivity index (χ1n) is 8.90. The van der Waals surface area contributed by atoms with Crippen molar-refractivity contribution in [3.8, 4) is 0 Å². The first-order valence-corrected chi connectivity index (χ1v) is 8.90. The van der Waals surface area contributed by atoms with Crippen LogP contribution in [0.4, 0.5) is 13.2 Å². The van der Waals surface area contributed by atoms with E-state index in [0.29, 0.717) is 30.2 Å². The zero-order valence-corrected chi connectivity index (χ0v) is 13.8. The number of aryl methyl sites for hydroxylation is 1. The highest BCUT2D eigenvalue weighted by Crippen LogP contribution is 2.43. The molecule has 3 heteroatoms. The Morgan fingerprint density at radius 3 is 2.09 bits per heavy atom.